The number of hydrogen-bond donors (Lipinski definition) is 1. The molecule has 2 N–H and O–H groups in total. The van der Waals surface area contributed by atoms with Gasteiger partial charge >= 0.3 is 0 Å². The molecule has 110 valence electrons. The molecular formula is C15H13Cl2FN2O. The van der Waals surface area contributed by atoms with Crippen LogP contribution in [0, 0.1) is 5.82 Å². The summed E-state index contributed by atoms with van der Waals surface area (Å²) in [6.45, 7) is 0.292. The molecule has 0 bridgehead atoms. The Hall–Kier alpha value is -1.78. The van der Waals surface area contributed by atoms with Gasteiger partial charge in [0.1, 0.15) is 5.82 Å². The smallest absolute Gasteiger partial charge is 0.254 e. The van der Waals surface area contributed by atoms with E-state index in [2.05, 4.69) is 0 Å². The van der Waals surface area contributed by atoms with Gasteiger partial charge in [0.15, 0.2) is 0 Å². The summed E-state index contributed by atoms with van der Waals surface area (Å²) >= 11 is 11.9. The molecular weight excluding hydrogens is 314 g/mol. The van der Waals surface area contributed by atoms with Gasteiger partial charge in [-0.2, -0.15) is 0 Å². The number of benzene rings is 2. The minimum absolute atomic E-state index is 0.00921. The first kappa shape index (κ1) is 15.6. The van der Waals surface area contributed by atoms with Gasteiger partial charge in [-0.05, 0) is 35.9 Å². The van der Waals surface area contributed by atoms with Crippen molar-refractivity contribution >= 4 is 34.8 Å². The third kappa shape index (κ3) is 3.65. The number of anilines is 1. The van der Waals surface area contributed by atoms with Gasteiger partial charge in [-0.3, -0.25) is 4.79 Å². The summed E-state index contributed by atoms with van der Waals surface area (Å²) in [4.78, 5) is 13.7. The quantitative estimate of drug-likeness (QED) is 0.867. The molecule has 0 heterocycles. The lowest BCUT2D eigenvalue weighted by molar-refractivity contribution is 0.0784. The van der Waals surface area contributed by atoms with Crippen molar-refractivity contribution in [3.05, 3.63) is 63.4 Å². The maximum atomic E-state index is 13.4. The molecule has 0 saturated carbocycles. The van der Waals surface area contributed by atoms with E-state index in [4.69, 9.17) is 28.9 Å². The molecule has 0 fully saturated rings. The summed E-state index contributed by atoms with van der Waals surface area (Å²) in [7, 11) is 1.61. The molecule has 3 nitrogen and oxygen atoms in total. The zero-order valence-electron chi connectivity index (χ0n) is 11.2. The Kier molecular flexibility index (Phi) is 4.70. The predicted molar refractivity (Wildman–Crippen MR) is 83.1 cm³/mol. The fraction of sp³-hybridized carbons (Fsp3) is 0.133. The number of carbonyl (C=O) groups is 1. The van der Waals surface area contributed by atoms with E-state index in [0.717, 1.165) is 11.6 Å². The van der Waals surface area contributed by atoms with Crippen molar-refractivity contribution in [2.75, 3.05) is 12.8 Å². The van der Waals surface area contributed by atoms with Crippen LogP contribution in [0.5, 0.6) is 0 Å². The average Bonchev–Trinajstić information content (AvgIpc) is 2.44. The van der Waals surface area contributed by atoms with E-state index < -0.39 is 5.82 Å². The van der Waals surface area contributed by atoms with Crippen molar-refractivity contribution in [2.24, 2.45) is 0 Å². The summed E-state index contributed by atoms with van der Waals surface area (Å²) in [6, 6.07) is 9.03. The van der Waals surface area contributed by atoms with Gasteiger partial charge in [-0.15, -0.1) is 0 Å². The second kappa shape index (κ2) is 6.33. The first-order valence-electron chi connectivity index (χ1n) is 6.13. The average molecular weight is 327 g/mol. The maximum absolute atomic E-state index is 13.4. The van der Waals surface area contributed by atoms with Gasteiger partial charge in [-0.25, -0.2) is 4.39 Å². The first-order chi connectivity index (χ1) is 9.88. The lowest BCUT2D eigenvalue weighted by atomic mass is 10.1. The Balaban J connectivity index is 2.17. The van der Waals surface area contributed by atoms with Crippen LogP contribution >= 0.6 is 23.2 Å². The van der Waals surface area contributed by atoms with Crippen molar-refractivity contribution in [2.45, 2.75) is 6.54 Å². The van der Waals surface area contributed by atoms with Crippen LogP contribution in [-0.2, 0) is 6.54 Å². The first-order valence-corrected chi connectivity index (χ1v) is 6.88. The molecule has 0 aromatic heterocycles. The number of halogens is 3. The highest BCUT2D eigenvalue weighted by Gasteiger charge is 2.15. The largest absolute Gasteiger partial charge is 0.396 e. The van der Waals surface area contributed by atoms with E-state index in [-0.39, 0.29) is 17.2 Å². The number of nitrogens with two attached hydrogens (primary N) is 1. The Labute approximate surface area is 132 Å². The van der Waals surface area contributed by atoms with Crippen molar-refractivity contribution in [3.8, 4) is 0 Å². The molecule has 6 heteroatoms. The van der Waals surface area contributed by atoms with Gasteiger partial charge in [0.25, 0.3) is 5.91 Å². The molecule has 0 aliphatic rings. The van der Waals surface area contributed by atoms with Crippen LogP contribution < -0.4 is 5.73 Å². The molecule has 0 spiro atoms. The van der Waals surface area contributed by atoms with E-state index in [1.165, 1.54) is 17.0 Å². The second-order valence-corrected chi connectivity index (χ2v) is 5.48. The zero-order chi connectivity index (χ0) is 15.6. The van der Waals surface area contributed by atoms with Gasteiger partial charge in [0.05, 0.1) is 5.69 Å². The van der Waals surface area contributed by atoms with Crippen LogP contribution in [0.1, 0.15) is 15.9 Å². The molecule has 0 atom stereocenters. The van der Waals surface area contributed by atoms with Crippen LogP contribution in [0.3, 0.4) is 0 Å². The molecule has 2 rings (SSSR count). The van der Waals surface area contributed by atoms with Crippen molar-refractivity contribution < 1.29 is 9.18 Å². The lowest BCUT2D eigenvalue weighted by Crippen LogP contribution is -2.26. The molecule has 0 saturated heterocycles. The molecule has 0 radical (unpaired) electrons. The third-order valence-electron chi connectivity index (χ3n) is 3.02. The van der Waals surface area contributed by atoms with Gasteiger partial charge in [0.2, 0.25) is 0 Å². The maximum Gasteiger partial charge on any atom is 0.254 e. The van der Waals surface area contributed by atoms with Gasteiger partial charge in [-0.1, -0.05) is 29.3 Å². The van der Waals surface area contributed by atoms with E-state index >= 15 is 0 Å². The van der Waals surface area contributed by atoms with E-state index in [1.807, 2.05) is 0 Å². The minimum Gasteiger partial charge on any atom is -0.396 e. The molecule has 0 unspecified atom stereocenters. The van der Waals surface area contributed by atoms with Crippen molar-refractivity contribution in [1.82, 2.24) is 4.90 Å². The minimum atomic E-state index is -0.612. The number of amides is 1. The Morgan fingerprint density at radius 3 is 2.57 bits per heavy atom. The fourth-order valence-electron chi connectivity index (χ4n) is 1.86. The number of nitrogens with zero attached hydrogens (tertiary/aromatic N) is 1. The highest BCUT2D eigenvalue weighted by molar-refractivity contribution is 6.35. The number of hydrogen-bond acceptors (Lipinski definition) is 2. The van der Waals surface area contributed by atoms with Crippen LogP contribution in [0.25, 0.3) is 0 Å². The summed E-state index contributed by atoms with van der Waals surface area (Å²) in [5.41, 5.74) is 6.39. The molecule has 21 heavy (non-hydrogen) atoms. The Morgan fingerprint density at radius 1 is 1.24 bits per heavy atom. The summed E-state index contributed by atoms with van der Waals surface area (Å²) in [6.07, 6.45) is 0. The predicted octanol–water partition coefficient (Wildman–Crippen LogP) is 3.99. The van der Waals surface area contributed by atoms with E-state index in [9.17, 15) is 9.18 Å². The van der Waals surface area contributed by atoms with Crippen LogP contribution in [0.2, 0.25) is 10.0 Å². The Bertz CT molecular complexity index is 691. The van der Waals surface area contributed by atoms with E-state index in [0.29, 0.717) is 16.6 Å². The van der Waals surface area contributed by atoms with Gasteiger partial charge in [0, 0.05) is 29.2 Å². The van der Waals surface area contributed by atoms with E-state index in [1.54, 1.807) is 25.2 Å². The SMILES string of the molecule is CN(Cc1ccc(Cl)cc1Cl)C(=O)c1ccc(N)c(F)c1. The number of rotatable bonds is 3. The topological polar surface area (TPSA) is 46.3 Å². The summed E-state index contributed by atoms with van der Waals surface area (Å²) < 4.78 is 13.4. The molecule has 2 aromatic carbocycles. The third-order valence-corrected chi connectivity index (χ3v) is 3.60. The number of carbonyl (C=O) groups excluding carboxylic acids is 1. The normalized spacial score (nSPS) is 10.5. The summed E-state index contributed by atoms with van der Waals surface area (Å²) in [5, 5.41) is 1.00. The molecule has 0 aliphatic heterocycles. The van der Waals surface area contributed by atoms with Crippen LogP contribution in [-0.4, -0.2) is 17.9 Å². The summed E-state index contributed by atoms with van der Waals surface area (Å²) in [5.74, 6) is -0.932. The Morgan fingerprint density at radius 2 is 1.95 bits per heavy atom. The second-order valence-electron chi connectivity index (χ2n) is 4.63. The van der Waals surface area contributed by atoms with Crippen molar-refractivity contribution in [3.63, 3.8) is 0 Å². The fourth-order valence-corrected chi connectivity index (χ4v) is 2.33. The van der Waals surface area contributed by atoms with Crippen molar-refractivity contribution in [1.29, 1.82) is 0 Å². The highest BCUT2D eigenvalue weighted by Crippen LogP contribution is 2.22. The zero-order valence-corrected chi connectivity index (χ0v) is 12.7. The molecule has 2 aromatic rings. The van der Waals surface area contributed by atoms with Gasteiger partial charge < -0.3 is 10.6 Å². The van der Waals surface area contributed by atoms with Crippen LogP contribution in [0.15, 0.2) is 36.4 Å². The lowest BCUT2D eigenvalue weighted by Gasteiger charge is -2.18. The molecule has 0 aliphatic carbocycles. The molecule has 1 amide bonds. The standard InChI is InChI=1S/C15H13Cl2FN2O/c1-20(8-10-2-4-11(16)7-12(10)17)15(21)9-3-5-14(19)13(18)6-9/h2-7H,8,19H2,1H3. The monoisotopic (exact) mass is 326 g/mol. The highest BCUT2D eigenvalue weighted by atomic mass is 35.5. The number of nitrogen functional groups attached to an aromatic ring is 1. The van der Waals surface area contributed by atoms with Crippen LogP contribution in [0.4, 0.5) is 10.1 Å².